The van der Waals surface area contributed by atoms with E-state index in [-0.39, 0.29) is 24.8 Å². The van der Waals surface area contributed by atoms with Crippen LogP contribution in [0, 0.1) is 0 Å². The SMILES string of the molecule is COc1ccc(-c2csc(Cn3ncc(N)c3N)n2)cc1.Cl.Cl. The van der Waals surface area contributed by atoms with E-state index in [1.807, 2.05) is 29.6 Å². The number of nitrogens with zero attached hydrogens (tertiary/aromatic N) is 3. The van der Waals surface area contributed by atoms with Gasteiger partial charge in [-0.3, -0.25) is 0 Å². The van der Waals surface area contributed by atoms with Crippen molar-refractivity contribution in [2.24, 2.45) is 0 Å². The van der Waals surface area contributed by atoms with Crippen LogP contribution in [0.3, 0.4) is 0 Å². The summed E-state index contributed by atoms with van der Waals surface area (Å²) in [6.07, 6.45) is 1.55. The summed E-state index contributed by atoms with van der Waals surface area (Å²) in [5, 5.41) is 7.07. The van der Waals surface area contributed by atoms with Crippen molar-refractivity contribution in [2.75, 3.05) is 18.6 Å². The Hall–Kier alpha value is -1.96. The zero-order valence-electron chi connectivity index (χ0n) is 12.3. The van der Waals surface area contributed by atoms with Crippen LogP contribution < -0.4 is 16.2 Å². The van der Waals surface area contributed by atoms with E-state index in [4.69, 9.17) is 16.2 Å². The van der Waals surface area contributed by atoms with Gasteiger partial charge >= 0.3 is 0 Å². The summed E-state index contributed by atoms with van der Waals surface area (Å²) in [5.41, 5.74) is 14.0. The van der Waals surface area contributed by atoms with Crippen molar-refractivity contribution in [3.05, 3.63) is 40.8 Å². The molecule has 0 bridgehead atoms. The van der Waals surface area contributed by atoms with Gasteiger partial charge in [-0.2, -0.15) is 5.10 Å². The molecule has 2 aromatic heterocycles. The number of aromatic nitrogens is 3. The van der Waals surface area contributed by atoms with Crippen molar-refractivity contribution in [3.63, 3.8) is 0 Å². The number of hydrogen-bond acceptors (Lipinski definition) is 6. The number of ether oxygens (including phenoxy) is 1. The van der Waals surface area contributed by atoms with Crippen LogP contribution in [-0.2, 0) is 6.54 Å². The van der Waals surface area contributed by atoms with Gasteiger partial charge in [-0.1, -0.05) is 0 Å². The van der Waals surface area contributed by atoms with Crippen LogP contribution in [0.25, 0.3) is 11.3 Å². The van der Waals surface area contributed by atoms with Gasteiger partial charge in [0.05, 0.1) is 31.2 Å². The van der Waals surface area contributed by atoms with E-state index in [2.05, 4.69) is 10.1 Å². The van der Waals surface area contributed by atoms with Gasteiger partial charge in [0.25, 0.3) is 0 Å². The van der Waals surface area contributed by atoms with Crippen LogP contribution in [0.5, 0.6) is 5.75 Å². The largest absolute Gasteiger partial charge is 0.497 e. The van der Waals surface area contributed by atoms with Crippen molar-refractivity contribution < 1.29 is 4.74 Å². The lowest BCUT2D eigenvalue weighted by atomic mass is 10.2. The molecule has 124 valence electrons. The average Bonchev–Trinajstić information content (AvgIpc) is 3.10. The fourth-order valence-corrected chi connectivity index (χ4v) is 2.73. The minimum atomic E-state index is 0. The summed E-state index contributed by atoms with van der Waals surface area (Å²) in [6.45, 7) is 0.518. The molecule has 0 saturated carbocycles. The first-order valence-electron chi connectivity index (χ1n) is 6.33. The monoisotopic (exact) mass is 373 g/mol. The molecule has 0 atom stereocenters. The second-order valence-corrected chi connectivity index (χ2v) is 5.44. The van der Waals surface area contributed by atoms with E-state index in [1.54, 1.807) is 29.3 Å². The van der Waals surface area contributed by atoms with Gasteiger partial charge in [-0.25, -0.2) is 9.67 Å². The highest BCUT2D eigenvalue weighted by Gasteiger charge is 2.09. The van der Waals surface area contributed by atoms with E-state index < -0.39 is 0 Å². The third-order valence-electron chi connectivity index (χ3n) is 3.13. The molecule has 0 aliphatic carbocycles. The lowest BCUT2D eigenvalue weighted by molar-refractivity contribution is 0.415. The lowest BCUT2D eigenvalue weighted by Gasteiger charge is -2.02. The van der Waals surface area contributed by atoms with Crippen molar-refractivity contribution in [1.29, 1.82) is 0 Å². The topological polar surface area (TPSA) is 92.0 Å². The Bertz CT molecular complexity index is 757. The maximum atomic E-state index is 5.84. The Balaban J connectivity index is 0.00000132. The second kappa shape index (κ2) is 8.05. The normalized spacial score (nSPS) is 9.78. The highest BCUT2D eigenvalue weighted by Crippen LogP contribution is 2.25. The Kier molecular flexibility index (Phi) is 6.68. The number of thiazole rings is 1. The summed E-state index contributed by atoms with van der Waals surface area (Å²) < 4.78 is 6.79. The molecule has 0 unspecified atom stereocenters. The first-order valence-corrected chi connectivity index (χ1v) is 7.21. The molecule has 23 heavy (non-hydrogen) atoms. The minimum Gasteiger partial charge on any atom is -0.497 e. The van der Waals surface area contributed by atoms with Gasteiger partial charge in [0.2, 0.25) is 0 Å². The number of rotatable bonds is 4. The summed E-state index contributed by atoms with van der Waals surface area (Å²) in [7, 11) is 1.65. The molecule has 0 aliphatic heterocycles. The maximum absolute atomic E-state index is 5.84. The Morgan fingerprint density at radius 3 is 2.43 bits per heavy atom. The molecule has 2 heterocycles. The van der Waals surface area contributed by atoms with Crippen LogP contribution in [-0.4, -0.2) is 21.9 Å². The summed E-state index contributed by atoms with van der Waals surface area (Å²) in [5.74, 6) is 1.30. The van der Waals surface area contributed by atoms with E-state index in [0.29, 0.717) is 18.1 Å². The van der Waals surface area contributed by atoms with Gasteiger partial charge in [0.15, 0.2) is 0 Å². The quantitative estimate of drug-likeness (QED) is 0.732. The highest BCUT2D eigenvalue weighted by atomic mass is 35.5. The van der Waals surface area contributed by atoms with Crippen LogP contribution in [0.2, 0.25) is 0 Å². The van der Waals surface area contributed by atoms with E-state index in [0.717, 1.165) is 22.0 Å². The first kappa shape index (κ1) is 19.1. The van der Waals surface area contributed by atoms with Crippen LogP contribution in [0.4, 0.5) is 11.5 Å². The molecular weight excluding hydrogens is 357 g/mol. The van der Waals surface area contributed by atoms with Crippen molar-refractivity contribution in [2.45, 2.75) is 6.54 Å². The molecule has 3 rings (SSSR count). The van der Waals surface area contributed by atoms with Gasteiger partial charge in [-0.05, 0) is 24.3 Å². The summed E-state index contributed by atoms with van der Waals surface area (Å²) in [6, 6.07) is 7.80. The van der Waals surface area contributed by atoms with Crippen LogP contribution >= 0.6 is 36.2 Å². The van der Waals surface area contributed by atoms with Crippen LogP contribution in [0.1, 0.15) is 5.01 Å². The Labute approximate surface area is 150 Å². The molecule has 0 fully saturated rings. The third-order valence-corrected chi connectivity index (χ3v) is 3.97. The molecule has 4 N–H and O–H groups in total. The fraction of sp³-hybridized carbons (Fsp3) is 0.143. The molecule has 0 aliphatic rings. The number of anilines is 2. The van der Waals surface area contributed by atoms with E-state index in [1.165, 1.54) is 0 Å². The molecule has 0 radical (unpaired) electrons. The third kappa shape index (κ3) is 4.07. The van der Waals surface area contributed by atoms with E-state index >= 15 is 0 Å². The predicted octanol–water partition coefficient (Wildman–Crippen LogP) is 3.07. The van der Waals surface area contributed by atoms with E-state index in [9.17, 15) is 0 Å². The smallest absolute Gasteiger partial charge is 0.145 e. The van der Waals surface area contributed by atoms with Crippen molar-refractivity contribution in [1.82, 2.24) is 14.8 Å². The number of nitrogen functional groups attached to an aromatic ring is 2. The molecule has 0 spiro atoms. The Morgan fingerprint density at radius 1 is 1.17 bits per heavy atom. The zero-order chi connectivity index (χ0) is 14.8. The standard InChI is InChI=1S/C14H15N5OS.2ClH/c1-20-10-4-2-9(3-5-10)12-8-21-13(18-12)7-19-14(16)11(15)6-17-19;;/h2-6,8H,7,15-16H2,1H3;2*1H. The number of methoxy groups -OCH3 is 1. The Morgan fingerprint density at radius 2 is 1.87 bits per heavy atom. The molecule has 1 aromatic carbocycles. The first-order chi connectivity index (χ1) is 10.2. The minimum absolute atomic E-state index is 0. The predicted molar refractivity (Wildman–Crippen MR) is 98.8 cm³/mol. The number of nitrogens with two attached hydrogens (primary N) is 2. The second-order valence-electron chi connectivity index (χ2n) is 4.50. The molecule has 0 saturated heterocycles. The molecule has 3 aromatic rings. The maximum Gasteiger partial charge on any atom is 0.145 e. The zero-order valence-corrected chi connectivity index (χ0v) is 14.8. The molecular formula is C14H17Cl2N5OS. The highest BCUT2D eigenvalue weighted by molar-refractivity contribution is 7.09. The lowest BCUT2D eigenvalue weighted by Crippen LogP contribution is -2.06. The van der Waals surface area contributed by atoms with Gasteiger partial charge in [0.1, 0.15) is 16.6 Å². The number of hydrogen-bond donors (Lipinski definition) is 2. The number of halogens is 2. The van der Waals surface area contributed by atoms with Gasteiger partial charge in [-0.15, -0.1) is 36.2 Å². The molecule has 9 heteroatoms. The van der Waals surface area contributed by atoms with Crippen LogP contribution in [0.15, 0.2) is 35.8 Å². The summed E-state index contributed by atoms with van der Waals surface area (Å²) >= 11 is 1.57. The van der Waals surface area contributed by atoms with Gasteiger partial charge in [0, 0.05) is 10.9 Å². The number of benzene rings is 1. The molecule has 6 nitrogen and oxygen atoms in total. The van der Waals surface area contributed by atoms with Crippen molar-refractivity contribution in [3.8, 4) is 17.0 Å². The molecule has 0 amide bonds. The summed E-state index contributed by atoms with van der Waals surface area (Å²) in [4.78, 5) is 4.60. The van der Waals surface area contributed by atoms with Gasteiger partial charge < -0.3 is 16.2 Å². The van der Waals surface area contributed by atoms with Crippen molar-refractivity contribution >= 4 is 47.7 Å². The average molecular weight is 374 g/mol. The fourth-order valence-electron chi connectivity index (χ4n) is 1.94.